The Kier molecular flexibility index (Phi) is 4.35. The van der Waals surface area contributed by atoms with Crippen LogP contribution in [0, 0.1) is 0 Å². The molecule has 1 aromatic carbocycles. The smallest absolute Gasteiger partial charge is 0.270 e. The van der Waals surface area contributed by atoms with Crippen LogP contribution in [-0.4, -0.2) is 40.1 Å². The summed E-state index contributed by atoms with van der Waals surface area (Å²) >= 11 is 0. The van der Waals surface area contributed by atoms with Gasteiger partial charge in [-0.2, -0.15) is 0 Å². The van der Waals surface area contributed by atoms with Crippen molar-refractivity contribution in [2.24, 2.45) is 0 Å². The summed E-state index contributed by atoms with van der Waals surface area (Å²) in [5, 5.41) is 3.14. The number of para-hydroxylation sites is 2. The third-order valence-corrected chi connectivity index (χ3v) is 5.44. The lowest BCUT2D eigenvalue weighted by Gasteiger charge is -2.28. The molecule has 3 heterocycles. The van der Waals surface area contributed by atoms with E-state index in [2.05, 4.69) is 15.3 Å². The average Bonchev–Trinajstić information content (AvgIpc) is 3.18. The molecular formula is C21H22N4O3. The molecule has 0 radical (unpaired) electrons. The van der Waals surface area contributed by atoms with Gasteiger partial charge in [0.25, 0.3) is 11.8 Å². The maximum Gasteiger partial charge on any atom is 0.270 e. The molecule has 0 saturated heterocycles. The van der Waals surface area contributed by atoms with Crippen molar-refractivity contribution < 1.29 is 14.3 Å². The predicted octanol–water partition coefficient (Wildman–Crippen LogP) is 3.19. The lowest BCUT2D eigenvalue weighted by molar-refractivity contribution is 0.0916. The van der Waals surface area contributed by atoms with E-state index in [1.54, 1.807) is 12.1 Å². The van der Waals surface area contributed by atoms with Gasteiger partial charge in [0.05, 0.1) is 11.0 Å². The van der Waals surface area contributed by atoms with Crippen molar-refractivity contribution in [2.75, 3.05) is 13.2 Å². The van der Waals surface area contributed by atoms with Gasteiger partial charge in [-0.25, -0.2) is 9.97 Å². The summed E-state index contributed by atoms with van der Waals surface area (Å²) < 4.78 is 10.9. The van der Waals surface area contributed by atoms with Crippen molar-refractivity contribution in [2.45, 2.75) is 37.6 Å². The Bertz CT molecular complexity index is 983. The number of hydrogen-bond donors (Lipinski definition) is 2. The molecule has 7 heteroatoms. The van der Waals surface area contributed by atoms with Gasteiger partial charge in [0.2, 0.25) is 0 Å². The number of nitrogens with one attached hydrogen (secondary N) is 2. The van der Waals surface area contributed by atoms with Gasteiger partial charge in [-0.1, -0.05) is 18.6 Å². The monoisotopic (exact) mass is 378 g/mol. The second-order valence-corrected chi connectivity index (χ2v) is 7.37. The van der Waals surface area contributed by atoms with Crippen LogP contribution in [0.5, 0.6) is 11.6 Å². The third kappa shape index (κ3) is 3.28. The van der Waals surface area contributed by atoms with Crippen LogP contribution in [0.15, 0.2) is 36.4 Å². The van der Waals surface area contributed by atoms with Gasteiger partial charge in [0, 0.05) is 12.0 Å². The van der Waals surface area contributed by atoms with Crippen molar-refractivity contribution in [1.29, 1.82) is 0 Å². The second kappa shape index (κ2) is 7.14. The number of benzene rings is 1. The van der Waals surface area contributed by atoms with Gasteiger partial charge in [0.1, 0.15) is 24.7 Å². The van der Waals surface area contributed by atoms with Crippen molar-refractivity contribution in [1.82, 2.24) is 20.3 Å². The highest BCUT2D eigenvalue weighted by atomic mass is 16.6. The minimum absolute atomic E-state index is 0.106. The summed E-state index contributed by atoms with van der Waals surface area (Å²) in [4.78, 5) is 25.2. The summed E-state index contributed by atoms with van der Waals surface area (Å²) in [6.45, 7) is 0.957. The highest BCUT2D eigenvalue weighted by molar-refractivity contribution is 5.92. The van der Waals surface area contributed by atoms with E-state index in [9.17, 15) is 4.79 Å². The highest BCUT2D eigenvalue weighted by Gasteiger charge is 2.27. The van der Waals surface area contributed by atoms with Crippen LogP contribution in [0.3, 0.4) is 0 Å². The van der Waals surface area contributed by atoms with Crippen LogP contribution >= 0.6 is 0 Å². The van der Waals surface area contributed by atoms with E-state index >= 15 is 0 Å². The van der Waals surface area contributed by atoms with E-state index in [0.717, 1.165) is 42.5 Å². The molecule has 0 spiro atoms. The summed E-state index contributed by atoms with van der Waals surface area (Å²) in [5.74, 6) is 2.14. The zero-order chi connectivity index (χ0) is 18.9. The van der Waals surface area contributed by atoms with Gasteiger partial charge in [0.15, 0.2) is 5.75 Å². The standard InChI is InChI=1S/C21H22N4O3/c26-20(17-8-9-18-21(25-17)28-11-10-27-18)22-14-5-3-4-13(12-14)19-23-15-6-1-2-7-16(15)24-19/h1-2,6-9,13-14H,3-5,10-12H2,(H,22,26)(H,23,24)/t13?,14-/m1/s1. The first-order chi connectivity index (χ1) is 13.8. The number of hydrogen-bond acceptors (Lipinski definition) is 5. The molecule has 1 aliphatic heterocycles. The largest absolute Gasteiger partial charge is 0.484 e. The lowest BCUT2D eigenvalue weighted by Crippen LogP contribution is -2.38. The topological polar surface area (TPSA) is 89.1 Å². The molecule has 1 unspecified atom stereocenters. The second-order valence-electron chi connectivity index (χ2n) is 7.37. The SMILES string of the molecule is O=C(N[C@@H]1CCCC(c2nc3ccccc3[nH]2)C1)c1ccc2c(n1)OCCO2. The lowest BCUT2D eigenvalue weighted by atomic mass is 9.85. The van der Waals surface area contributed by atoms with Gasteiger partial charge in [-0.05, 0) is 43.5 Å². The molecule has 2 aliphatic rings. The molecule has 0 bridgehead atoms. The normalized spacial score (nSPS) is 21.4. The first-order valence-corrected chi connectivity index (χ1v) is 9.78. The van der Waals surface area contributed by atoms with E-state index in [4.69, 9.17) is 14.5 Å². The van der Waals surface area contributed by atoms with Crippen molar-refractivity contribution in [3.8, 4) is 11.6 Å². The van der Waals surface area contributed by atoms with Gasteiger partial charge >= 0.3 is 0 Å². The van der Waals surface area contributed by atoms with Crippen LogP contribution in [0.2, 0.25) is 0 Å². The number of aromatic amines is 1. The fourth-order valence-electron chi connectivity index (χ4n) is 4.05. The molecule has 2 aromatic heterocycles. The summed E-state index contributed by atoms with van der Waals surface area (Å²) in [5.41, 5.74) is 2.41. The van der Waals surface area contributed by atoms with Gasteiger partial charge in [-0.15, -0.1) is 0 Å². The molecule has 1 saturated carbocycles. The first kappa shape index (κ1) is 17.0. The molecule has 28 heavy (non-hydrogen) atoms. The number of fused-ring (bicyclic) bond motifs is 2. The van der Waals surface area contributed by atoms with Crippen molar-refractivity contribution in [3.63, 3.8) is 0 Å². The predicted molar refractivity (Wildman–Crippen MR) is 104 cm³/mol. The molecule has 3 aromatic rings. The van der Waals surface area contributed by atoms with Crippen molar-refractivity contribution in [3.05, 3.63) is 47.9 Å². The van der Waals surface area contributed by atoms with Gasteiger partial charge < -0.3 is 19.8 Å². The number of imidazole rings is 1. The van der Waals surface area contributed by atoms with Crippen LogP contribution in [0.1, 0.15) is 47.9 Å². The number of carbonyl (C=O) groups is 1. The van der Waals surface area contributed by atoms with Crippen LogP contribution in [0.25, 0.3) is 11.0 Å². The summed E-state index contributed by atoms with van der Waals surface area (Å²) in [6, 6.07) is 11.6. The van der Waals surface area contributed by atoms with Crippen LogP contribution in [-0.2, 0) is 0 Å². The fraction of sp³-hybridized carbons (Fsp3) is 0.381. The zero-order valence-electron chi connectivity index (χ0n) is 15.5. The minimum atomic E-state index is -0.174. The Morgan fingerprint density at radius 1 is 1.07 bits per heavy atom. The van der Waals surface area contributed by atoms with E-state index in [0.29, 0.717) is 36.5 Å². The Hall–Kier alpha value is -3.09. The number of amides is 1. The molecule has 1 amide bonds. The van der Waals surface area contributed by atoms with E-state index in [-0.39, 0.29) is 11.9 Å². The number of rotatable bonds is 3. The Morgan fingerprint density at radius 3 is 2.89 bits per heavy atom. The fourth-order valence-corrected chi connectivity index (χ4v) is 4.05. The highest BCUT2D eigenvalue weighted by Crippen LogP contribution is 2.33. The number of ether oxygens (including phenoxy) is 2. The quantitative estimate of drug-likeness (QED) is 0.731. The number of H-pyrrole nitrogens is 1. The zero-order valence-corrected chi connectivity index (χ0v) is 15.5. The number of aromatic nitrogens is 3. The van der Waals surface area contributed by atoms with E-state index in [1.807, 2.05) is 24.3 Å². The summed E-state index contributed by atoms with van der Waals surface area (Å²) in [6.07, 6.45) is 3.97. The maximum atomic E-state index is 12.7. The Balaban J connectivity index is 1.28. The molecule has 1 aliphatic carbocycles. The van der Waals surface area contributed by atoms with Crippen LogP contribution < -0.4 is 14.8 Å². The maximum absolute atomic E-state index is 12.7. The van der Waals surface area contributed by atoms with E-state index in [1.165, 1.54) is 0 Å². The number of carbonyl (C=O) groups excluding carboxylic acids is 1. The molecule has 2 atom stereocenters. The number of nitrogens with zero attached hydrogens (tertiary/aromatic N) is 2. The summed E-state index contributed by atoms with van der Waals surface area (Å²) in [7, 11) is 0. The molecule has 2 N–H and O–H groups in total. The van der Waals surface area contributed by atoms with Crippen LogP contribution in [0.4, 0.5) is 0 Å². The van der Waals surface area contributed by atoms with Gasteiger partial charge in [-0.3, -0.25) is 4.79 Å². The number of pyridine rings is 1. The Labute approximate surface area is 162 Å². The van der Waals surface area contributed by atoms with E-state index < -0.39 is 0 Å². The molecule has 1 fully saturated rings. The van der Waals surface area contributed by atoms with Crippen molar-refractivity contribution >= 4 is 16.9 Å². The molecular weight excluding hydrogens is 356 g/mol. The molecule has 144 valence electrons. The molecule has 5 rings (SSSR count). The average molecular weight is 378 g/mol. The Morgan fingerprint density at radius 2 is 1.96 bits per heavy atom. The minimum Gasteiger partial charge on any atom is -0.484 e. The molecule has 7 nitrogen and oxygen atoms in total. The third-order valence-electron chi connectivity index (χ3n) is 5.44. The first-order valence-electron chi connectivity index (χ1n) is 9.78.